The van der Waals surface area contributed by atoms with Gasteiger partial charge in [-0.25, -0.2) is 13.2 Å². The average Bonchev–Trinajstić information content (AvgIpc) is 2.70. The molecule has 1 amide bonds. The first kappa shape index (κ1) is 21.4. The van der Waals surface area contributed by atoms with Gasteiger partial charge in [-0.3, -0.25) is 4.79 Å². The molecule has 4 N–H and O–H groups in total. The maximum Gasteiger partial charge on any atom is 0.237 e. The van der Waals surface area contributed by atoms with Gasteiger partial charge in [0.05, 0.1) is 11.0 Å². The van der Waals surface area contributed by atoms with E-state index in [-0.39, 0.29) is 29.2 Å². The summed E-state index contributed by atoms with van der Waals surface area (Å²) >= 11 is 1.22. The van der Waals surface area contributed by atoms with Crippen LogP contribution in [-0.2, 0) is 10.5 Å². The molecular formula is C19H17F3N6OS. The first-order valence-corrected chi connectivity index (χ1v) is 9.75. The highest BCUT2D eigenvalue weighted by atomic mass is 32.2. The van der Waals surface area contributed by atoms with Gasteiger partial charge in [-0.2, -0.15) is 15.0 Å². The van der Waals surface area contributed by atoms with Crippen LogP contribution in [0.2, 0.25) is 0 Å². The number of aromatic nitrogens is 3. The monoisotopic (exact) mass is 434 g/mol. The van der Waals surface area contributed by atoms with Crippen LogP contribution in [0.25, 0.3) is 0 Å². The lowest BCUT2D eigenvalue weighted by molar-refractivity contribution is -0.115. The van der Waals surface area contributed by atoms with E-state index in [2.05, 4.69) is 25.6 Å². The number of thioether (sulfide) groups is 1. The molecule has 0 saturated carbocycles. The van der Waals surface area contributed by atoms with Crippen LogP contribution in [0.5, 0.6) is 0 Å². The van der Waals surface area contributed by atoms with Crippen molar-refractivity contribution in [3.63, 3.8) is 0 Å². The first-order chi connectivity index (χ1) is 14.3. The molecule has 1 aromatic heterocycles. The molecular weight excluding hydrogens is 417 g/mol. The molecule has 1 heterocycles. The number of anilines is 4. The van der Waals surface area contributed by atoms with Gasteiger partial charge in [0.15, 0.2) is 11.6 Å². The van der Waals surface area contributed by atoms with Crippen molar-refractivity contribution in [3.05, 3.63) is 65.7 Å². The Bertz CT molecular complexity index is 1050. The fraction of sp³-hybridized carbons (Fsp3) is 0.158. The third-order valence-corrected chi connectivity index (χ3v) is 4.96. The predicted octanol–water partition coefficient (Wildman–Crippen LogP) is 3.88. The number of carbonyl (C=O) groups is 1. The number of amides is 1. The molecule has 0 bridgehead atoms. The third kappa shape index (κ3) is 5.83. The molecule has 2 aromatic carbocycles. The van der Waals surface area contributed by atoms with Gasteiger partial charge < -0.3 is 16.4 Å². The van der Waals surface area contributed by atoms with Gasteiger partial charge in [0.1, 0.15) is 11.6 Å². The summed E-state index contributed by atoms with van der Waals surface area (Å²) in [5, 5.41) is 4.88. The van der Waals surface area contributed by atoms with Crippen LogP contribution in [0.4, 0.5) is 36.4 Å². The van der Waals surface area contributed by atoms with Crippen LogP contribution in [0.1, 0.15) is 12.7 Å². The van der Waals surface area contributed by atoms with Crippen molar-refractivity contribution in [2.45, 2.75) is 17.9 Å². The molecule has 30 heavy (non-hydrogen) atoms. The van der Waals surface area contributed by atoms with Crippen molar-refractivity contribution in [1.29, 1.82) is 0 Å². The van der Waals surface area contributed by atoms with Crippen molar-refractivity contribution in [3.8, 4) is 0 Å². The second-order valence-corrected chi connectivity index (χ2v) is 7.47. The topological polar surface area (TPSA) is 106 Å². The zero-order chi connectivity index (χ0) is 21.7. The van der Waals surface area contributed by atoms with Gasteiger partial charge in [-0.15, -0.1) is 11.8 Å². The highest BCUT2D eigenvalue weighted by Gasteiger charge is 2.16. The number of carbonyl (C=O) groups excluding carboxylic acids is 1. The van der Waals surface area contributed by atoms with Crippen LogP contribution < -0.4 is 16.4 Å². The van der Waals surface area contributed by atoms with Gasteiger partial charge in [0.2, 0.25) is 17.8 Å². The predicted molar refractivity (Wildman–Crippen MR) is 110 cm³/mol. The highest BCUT2D eigenvalue weighted by Crippen LogP contribution is 2.20. The van der Waals surface area contributed by atoms with Crippen LogP contribution in [0, 0.1) is 17.5 Å². The summed E-state index contributed by atoms with van der Waals surface area (Å²) in [5.41, 5.74) is 6.44. The summed E-state index contributed by atoms with van der Waals surface area (Å²) in [5.74, 6) is -2.04. The number of halogens is 3. The maximum absolute atomic E-state index is 13.3. The minimum absolute atomic E-state index is 0.0101. The molecule has 0 aliphatic rings. The molecule has 0 fully saturated rings. The summed E-state index contributed by atoms with van der Waals surface area (Å²) in [7, 11) is 0. The fourth-order valence-electron chi connectivity index (χ4n) is 2.31. The van der Waals surface area contributed by atoms with Gasteiger partial charge in [0, 0.05) is 17.4 Å². The van der Waals surface area contributed by atoms with Crippen molar-refractivity contribution < 1.29 is 18.0 Å². The summed E-state index contributed by atoms with van der Waals surface area (Å²) < 4.78 is 39.3. The second-order valence-electron chi connectivity index (χ2n) is 6.14. The van der Waals surface area contributed by atoms with Crippen molar-refractivity contribution in [2.75, 3.05) is 16.4 Å². The lowest BCUT2D eigenvalue weighted by Gasteiger charge is -2.12. The number of nitrogens with zero attached hydrogens (tertiary/aromatic N) is 3. The molecule has 11 heteroatoms. The molecule has 0 spiro atoms. The van der Waals surface area contributed by atoms with Crippen molar-refractivity contribution in [1.82, 2.24) is 15.0 Å². The Hall–Kier alpha value is -3.34. The summed E-state index contributed by atoms with van der Waals surface area (Å²) in [6.45, 7) is 1.65. The number of hydrogen-bond acceptors (Lipinski definition) is 7. The SMILES string of the molecule is C[C@H](SCc1nc(N)nc(Nc2ccc(F)cc2)n1)C(=O)Nc1ccc(F)c(F)c1. The van der Waals surface area contributed by atoms with Gasteiger partial charge in [-0.1, -0.05) is 0 Å². The molecule has 0 unspecified atom stereocenters. The average molecular weight is 434 g/mol. The largest absolute Gasteiger partial charge is 0.368 e. The number of nitrogens with one attached hydrogen (secondary N) is 2. The molecule has 3 rings (SSSR count). The Morgan fingerprint density at radius 2 is 1.73 bits per heavy atom. The zero-order valence-corrected chi connectivity index (χ0v) is 16.5. The Balaban J connectivity index is 1.60. The van der Waals surface area contributed by atoms with E-state index in [1.165, 1.54) is 42.1 Å². The summed E-state index contributed by atoms with van der Waals surface area (Å²) in [4.78, 5) is 24.5. The Morgan fingerprint density at radius 1 is 1.03 bits per heavy atom. The lowest BCUT2D eigenvalue weighted by atomic mass is 10.3. The van der Waals surface area contributed by atoms with E-state index in [4.69, 9.17) is 5.73 Å². The van der Waals surface area contributed by atoms with Crippen LogP contribution in [0.3, 0.4) is 0 Å². The maximum atomic E-state index is 13.3. The minimum atomic E-state index is -1.05. The highest BCUT2D eigenvalue weighted by molar-refractivity contribution is 7.99. The molecule has 0 aliphatic carbocycles. The smallest absolute Gasteiger partial charge is 0.237 e. The Morgan fingerprint density at radius 3 is 2.43 bits per heavy atom. The van der Waals surface area contributed by atoms with E-state index in [9.17, 15) is 18.0 Å². The van der Waals surface area contributed by atoms with E-state index < -0.39 is 22.8 Å². The number of nitrogens with two attached hydrogens (primary N) is 1. The second kappa shape index (κ2) is 9.44. The molecule has 0 radical (unpaired) electrons. The van der Waals surface area contributed by atoms with Crippen molar-refractivity contribution >= 4 is 40.9 Å². The van der Waals surface area contributed by atoms with Gasteiger partial charge in [0.25, 0.3) is 0 Å². The molecule has 156 valence electrons. The fourth-order valence-corrected chi connectivity index (χ4v) is 3.05. The number of benzene rings is 2. The van der Waals surface area contributed by atoms with E-state index in [1.807, 2.05) is 0 Å². The Labute approximate surface area is 174 Å². The summed E-state index contributed by atoms with van der Waals surface area (Å²) in [6.07, 6.45) is 0. The van der Waals surface area contributed by atoms with E-state index in [0.29, 0.717) is 11.5 Å². The molecule has 3 aromatic rings. The minimum Gasteiger partial charge on any atom is -0.368 e. The molecule has 0 saturated heterocycles. The number of nitrogen functional groups attached to an aromatic ring is 1. The number of hydrogen-bond donors (Lipinski definition) is 3. The van der Waals surface area contributed by atoms with Crippen molar-refractivity contribution in [2.24, 2.45) is 0 Å². The Kier molecular flexibility index (Phi) is 6.72. The summed E-state index contributed by atoms with van der Waals surface area (Å²) in [6, 6.07) is 8.74. The lowest BCUT2D eigenvalue weighted by Crippen LogP contribution is -2.23. The van der Waals surface area contributed by atoms with Gasteiger partial charge >= 0.3 is 0 Å². The molecule has 7 nitrogen and oxygen atoms in total. The van der Waals surface area contributed by atoms with E-state index in [1.54, 1.807) is 6.92 Å². The van der Waals surface area contributed by atoms with Crippen LogP contribution in [0.15, 0.2) is 42.5 Å². The van der Waals surface area contributed by atoms with Crippen LogP contribution in [-0.4, -0.2) is 26.1 Å². The quantitative estimate of drug-likeness (QED) is 0.518. The third-order valence-electron chi connectivity index (χ3n) is 3.82. The normalized spacial score (nSPS) is 11.7. The van der Waals surface area contributed by atoms with Crippen LogP contribution >= 0.6 is 11.8 Å². The van der Waals surface area contributed by atoms with E-state index >= 15 is 0 Å². The molecule has 0 aliphatic heterocycles. The standard InChI is InChI=1S/C19H17F3N6OS/c1-10(17(29)24-13-6-7-14(21)15(22)8-13)30-9-16-26-18(23)28-19(27-16)25-12-4-2-11(20)3-5-12/h2-8,10H,9H2,1H3,(H,24,29)(H3,23,25,26,27,28)/t10-/m0/s1. The zero-order valence-electron chi connectivity index (χ0n) is 15.7. The number of rotatable bonds is 7. The van der Waals surface area contributed by atoms with Gasteiger partial charge in [-0.05, 0) is 43.3 Å². The molecule has 1 atom stereocenters. The first-order valence-electron chi connectivity index (χ1n) is 8.70. The van der Waals surface area contributed by atoms with E-state index in [0.717, 1.165) is 12.1 Å².